The van der Waals surface area contributed by atoms with Crippen LogP contribution in [0.5, 0.6) is 0 Å². The van der Waals surface area contributed by atoms with Crippen molar-refractivity contribution in [2.45, 2.75) is 0 Å². The number of anilines is 3. The molecule has 0 fully saturated rings. The van der Waals surface area contributed by atoms with Gasteiger partial charge in [-0.2, -0.15) is 0 Å². The fourth-order valence-electron chi connectivity index (χ4n) is 1.63. The first-order valence-corrected chi connectivity index (χ1v) is 5.87. The molecule has 0 radical (unpaired) electrons. The van der Waals surface area contributed by atoms with Crippen LogP contribution < -0.4 is 16.8 Å². The molecule has 5 N–H and O–H groups in total. The Morgan fingerprint density at radius 3 is 2.45 bits per heavy atom. The molecule has 7 heteroatoms. The van der Waals surface area contributed by atoms with Gasteiger partial charge in [-0.1, -0.05) is 11.6 Å². The molecule has 0 saturated heterocycles. The van der Waals surface area contributed by atoms with Crippen LogP contribution in [0.15, 0.2) is 30.3 Å². The predicted octanol–water partition coefficient (Wildman–Crippen LogP) is 3.04. The molecule has 0 unspecified atom stereocenters. The van der Waals surface area contributed by atoms with E-state index in [4.69, 9.17) is 23.1 Å². The summed E-state index contributed by atoms with van der Waals surface area (Å²) in [6, 6.07) is 5.96. The van der Waals surface area contributed by atoms with Gasteiger partial charge in [-0.05, 0) is 30.3 Å². The van der Waals surface area contributed by atoms with E-state index in [1.54, 1.807) is 0 Å². The number of amides is 1. The second-order valence-corrected chi connectivity index (χ2v) is 4.44. The van der Waals surface area contributed by atoms with Gasteiger partial charge in [0.25, 0.3) is 5.91 Å². The van der Waals surface area contributed by atoms with Crippen LogP contribution in [0.25, 0.3) is 0 Å². The Balaban J connectivity index is 2.40. The third kappa shape index (κ3) is 2.80. The minimum Gasteiger partial charge on any atom is -0.398 e. The molecule has 0 atom stereocenters. The Hall–Kier alpha value is -2.34. The topological polar surface area (TPSA) is 81.1 Å². The number of nitrogen functional groups attached to an aromatic ring is 1. The molecule has 0 aliphatic carbocycles. The zero-order valence-electron chi connectivity index (χ0n) is 10.1. The van der Waals surface area contributed by atoms with E-state index in [1.165, 1.54) is 18.2 Å². The van der Waals surface area contributed by atoms with Gasteiger partial charge >= 0.3 is 0 Å². The van der Waals surface area contributed by atoms with Crippen molar-refractivity contribution in [1.29, 1.82) is 0 Å². The molecular formula is C13H10ClF2N3O. The molecule has 1 amide bonds. The highest BCUT2D eigenvalue weighted by Crippen LogP contribution is 2.27. The molecule has 0 spiro atoms. The molecule has 4 nitrogen and oxygen atoms in total. The van der Waals surface area contributed by atoms with E-state index in [2.05, 4.69) is 5.32 Å². The van der Waals surface area contributed by atoms with Crippen LogP contribution in [-0.4, -0.2) is 5.91 Å². The number of halogens is 3. The monoisotopic (exact) mass is 297 g/mol. The summed E-state index contributed by atoms with van der Waals surface area (Å²) in [6.07, 6.45) is 0. The molecule has 0 bridgehead atoms. The minimum absolute atomic E-state index is 0.0119. The molecule has 2 aromatic rings. The van der Waals surface area contributed by atoms with E-state index in [1.807, 2.05) is 0 Å². The van der Waals surface area contributed by atoms with E-state index >= 15 is 0 Å². The summed E-state index contributed by atoms with van der Waals surface area (Å²) >= 11 is 5.62. The van der Waals surface area contributed by atoms with Crippen molar-refractivity contribution in [2.24, 2.45) is 5.73 Å². The summed E-state index contributed by atoms with van der Waals surface area (Å²) in [5.74, 6) is -2.04. The number of hydrogen-bond acceptors (Lipinski definition) is 3. The van der Waals surface area contributed by atoms with Gasteiger partial charge in [-0.15, -0.1) is 0 Å². The molecule has 0 aromatic heterocycles. The van der Waals surface area contributed by atoms with Crippen molar-refractivity contribution in [3.05, 3.63) is 52.6 Å². The summed E-state index contributed by atoms with van der Waals surface area (Å²) in [5.41, 5.74) is 10.9. The number of hydrogen-bond donors (Lipinski definition) is 3. The maximum absolute atomic E-state index is 13.8. The third-order valence-corrected chi connectivity index (χ3v) is 2.89. The van der Waals surface area contributed by atoms with E-state index in [-0.39, 0.29) is 22.0 Å². The second kappa shape index (κ2) is 5.34. The summed E-state index contributed by atoms with van der Waals surface area (Å²) < 4.78 is 26.8. The molecule has 0 heterocycles. The SMILES string of the molecule is NC(=O)c1cc(Nc2ccc(F)c(Cl)c2)c(F)cc1N. The fraction of sp³-hybridized carbons (Fsp3) is 0. The maximum atomic E-state index is 13.8. The second-order valence-electron chi connectivity index (χ2n) is 4.04. The predicted molar refractivity (Wildman–Crippen MR) is 74.0 cm³/mol. The highest BCUT2D eigenvalue weighted by molar-refractivity contribution is 6.31. The van der Waals surface area contributed by atoms with Crippen molar-refractivity contribution in [3.63, 3.8) is 0 Å². The zero-order chi connectivity index (χ0) is 14.9. The van der Waals surface area contributed by atoms with E-state index in [0.717, 1.165) is 12.1 Å². The molecule has 0 saturated carbocycles. The Bertz CT molecular complexity index is 692. The number of nitrogens with one attached hydrogen (secondary N) is 1. The number of benzene rings is 2. The van der Waals surface area contributed by atoms with Crippen LogP contribution in [0.4, 0.5) is 25.8 Å². The van der Waals surface area contributed by atoms with E-state index in [0.29, 0.717) is 5.69 Å². The molecule has 0 aliphatic heterocycles. The molecule has 2 rings (SSSR count). The van der Waals surface area contributed by atoms with E-state index < -0.39 is 17.5 Å². The third-order valence-electron chi connectivity index (χ3n) is 2.60. The van der Waals surface area contributed by atoms with Crippen LogP contribution in [0.1, 0.15) is 10.4 Å². The summed E-state index contributed by atoms with van der Waals surface area (Å²) in [6.45, 7) is 0. The fourth-order valence-corrected chi connectivity index (χ4v) is 1.81. The first-order valence-electron chi connectivity index (χ1n) is 5.49. The number of carbonyl (C=O) groups is 1. The first-order chi connectivity index (χ1) is 9.38. The van der Waals surface area contributed by atoms with Crippen molar-refractivity contribution in [3.8, 4) is 0 Å². The van der Waals surface area contributed by atoms with Gasteiger partial charge in [0.2, 0.25) is 0 Å². The van der Waals surface area contributed by atoms with Crippen LogP contribution in [-0.2, 0) is 0 Å². The molecule has 20 heavy (non-hydrogen) atoms. The number of rotatable bonds is 3. The normalized spacial score (nSPS) is 10.3. The minimum atomic E-state index is -0.775. The largest absolute Gasteiger partial charge is 0.398 e. The Morgan fingerprint density at radius 1 is 1.15 bits per heavy atom. The van der Waals surface area contributed by atoms with Gasteiger partial charge in [-0.25, -0.2) is 8.78 Å². The number of primary amides is 1. The zero-order valence-corrected chi connectivity index (χ0v) is 10.8. The summed E-state index contributed by atoms with van der Waals surface area (Å²) in [4.78, 5) is 11.2. The van der Waals surface area contributed by atoms with Gasteiger partial charge in [-0.3, -0.25) is 4.79 Å². The molecule has 2 aromatic carbocycles. The van der Waals surface area contributed by atoms with E-state index in [9.17, 15) is 13.6 Å². The lowest BCUT2D eigenvalue weighted by Gasteiger charge is -2.11. The van der Waals surface area contributed by atoms with Crippen molar-refractivity contribution in [1.82, 2.24) is 0 Å². The maximum Gasteiger partial charge on any atom is 0.250 e. The lowest BCUT2D eigenvalue weighted by molar-refractivity contribution is 0.100. The highest BCUT2D eigenvalue weighted by atomic mass is 35.5. The smallest absolute Gasteiger partial charge is 0.250 e. The van der Waals surface area contributed by atoms with Gasteiger partial charge in [0.1, 0.15) is 11.6 Å². The van der Waals surface area contributed by atoms with Crippen LogP contribution in [0.2, 0.25) is 5.02 Å². The Labute approximate surface area is 118 Å². The van der Waals surface area contributed by atoms with Crippen molar-refractivity contribution < 1.29 is 13.6 Å². The Morgan fingerprint density at radius 2 is 1.85 bits per heavy atom. The number of carbonyl (C=O) groups excluding carboxylic acids is 1. The lowest BCUT2D eigenvalue weighted by atomic mass is 10.1. The summed E-state index contributed by atoms with van der Waals surface area (Å²) in [7, 11) is 0. The molecule has 0 aliphatic rings. The lowest BCUT2D eigenvalue weighted by Crippen LogP contribution is -2.14. The van der Waals surface area contributed by atoms with Crippen LogP contribution in [0, 0.1) is 11.6 Å². The molecular weight excluding hydrogens is 288 g/mol. The first kappa shape index (κ1) is 14.1. The molecule has 104 valence electrons. The van der Waals surface area contributed by atoms with Crippen LogP contribution in [0.3, 0.4) is 0 Å². The average Bonchev–Trinajstić information content (AvgIpc) is 2.36. The standard InChI is InChI=1S/C13H10ClF2N3O/c14-8-3-6(1-2-9(8)15)19-12-4-7(13(18)20)11(17)5-10(12)16/h1-5,19H,17H2,(H2,18,20). The number of nitrogens with two attached hydrogens (primary N) is 2. The average molecular weight is 298 g/mol. The quantitative estimate of drug-likeness (QED) is 0.762. The van der Waals surface area contributed by atoms with Crippen LogP contribution >= 0.6 is 11.6 Å². The van der Waals surface area contributed by atoms with Gasteiger partial charge in [0, 0.05) is 11.4 Å². The van der Waals surface area contributed by atoms with Gasteiger partial charge in [0.05, 0.1) is 16.3 Å². The van der Waals surface area contributed by atoms with Crippen molar-refractivity contribution in [2.75, 3.05) is 11.1 Å². The van der Waals surface area contributed by atoms with Gasteiger partial charge in [0.15, 0.2) is 0 Å². The van der Waals surface area contributed by atoms with Crippen molar-refractivity contribution >= 4 is 34.6 Å². The Kier molecular flexibility index (Phi) is 3.76. The summed E-state index contributed by atoms with van der Waals surface area (Å²) in [5, 5.41) is 2.56. The highest BCUT2D eigenvalue weighted by Gasteiger charge is 2.12. The van der Waals surface area contributed by atoms with Gasteiger partial charge < -0.3 is 16.8 Å².